The SMILES string of the molecule is COc1cncc(-c2cncnc2)c1. The molecule has 14 heavy (non-hydrogen) atoms. The summed E-state index contributed by atoms with van der Waals surface area (Å²) >= 11 is 0. The van der Waals surface area contributed by atoms with Crippen molar-refractivity contribution in [2.75, 3.05) is 7.11 Å². The lowest BCUT2D eigenvalue weighted by Crippen LogP contribution is -1.87. The van der Waals surface area contributed by atoms with Crippen LogP contribution in [0, 0.1) is 0 Å². The van der Waals surface area contributed by atoms with Crippen molar-refractivity contribution in [2.45, 2.75) is 0 Å². The molecular formula is C10H9N3O. The number of aromatic nitrogens is 3. The molecule has 0 fully saturated rings. The predicted molar refractivity (Wildman–Crippen MR) is 51.8 cm³/mol. The van der Waals surface area contributed by atoms with Gasteiger partial charge in [0.2, 0.25) is 0 Å². The zero-order valence-corrected chi connectivity index (χ0v) is 7.71. The maximum absolute atomic E-state index is 5.07. The smallest absolute Gasteiger partial charge is 0.137 e. The van der Waals surface area contributed by atoms with Gasteiger partial charge < -0.3 is 4.74 Å². The van der Waals surface area contributed by atoms with E-state index >= 15 is 0 Å². The Bertz CT molecular complexity index is 417. The molecule has 0 bridgehead atoms. The molecule has 2 aromatic rings. The van der Waals surface area contributed by atoms with Gasteiger partial charge in [-0.1, -0.05) is 0 Å². The van der Waals surface area contributed by atoms with Crippen molar-refractivity contribution in [2.24, 2.45) is 0 Å². The van der Waals surface area contributed by atoms with Crippen LogP contribution in [0.15, 0.2) is 37.2 Å². The zero-order chi connectivity index (χ0) is 9.80. The molecule has 0 N–H and O–H groups in total. The fraction of sp³-hybridized carbons (Fsp3) is 0.100. The first-order chi connectivity index (χ1) is 6.90. The number of rotatable bonds is 2. The van der Waals surface area contributed by atoms with E-state index in [9.17, 15) is 0 Å². The molecule has 2 heterocycles. The van der Waals surface area contributed by atoms with Crippen LogP contribution in [0.25, 0.3) is 11.1 Å². The van der Waals surface area contributed by atoms with E-state index in [-0.39, 0.29) is 0 Å². The third-order valence-corrected chi connectivity index (χ3v) is 1.84. The second-order valence-corrected chi connectivity index (χ2v) is 2.74. The molecular weight excluding hydrogens is 178 g/mol. The highest BCUT2D eigenvalue weighted by atomic mass is 16.5. The molecule has 0 radical (unpaired) electrons. The fourth-order valence-corrected chi connectivity index (χ4v) is 1.14. The van der Waals surface area contributed by atoms with Gasteiger partial charge in [-0.05, 0) is 6.07 Å². The van der Waals surface area contributed by atoms with Crippen LogP contribution in [0.4, 0.5) is 0 Å². The summed E-state index contributed by atoms with van der Waals surface area (Å²) in [6.45, 7) is 0. The van der Waals surface area contributed by atoms with Gasteiger partial charge in [-0.3, -0.25) is 4.98 Å². The minimum absolute atomic E-state index is 0.728. The lowest BCUT2D eigenvalue weighted by atomic mass is 10.1. The molecule has 4 nitrogen and oxygen atoms in total. The van der Waals surface area contributed by atoms with Gasteiger partial charge in [-0.25, -0.2) is 9.97 Å². The number of methoxy groups -OCH3 is 1. The van der Waals surface area contributed by atoms with Gasteiger partial charge in [0, 0.05) is 29.7 Å². The van der Waals surface area contributed by atoms with Gasteiger partial charge in [0.1, 0.15) is 12.1 Å². The monoisotopic (exact) mass is 187 g/mol. The highest BCUT2D eigenvalue weighted by Gasteiger charge is 1.99. The van der Waals surface area contributed by atoms with E-state index in [4.69, 9.17) is 4.74 Å². The number of nitrogens with zero attached hydrogens (tertiary/aromatic N) is 3. The van der Waals surface area contributed by atoms with Gasteiger partial charge in [0.25, 0.3) is 0 Å². The van der Waals surface area contributed by atoms with Crippen molar-refractivity contribution >= 4 is 0 Å². The van der Waals surface area contributed by atoms with E-state index < -0.39 is 0 Å². The first-order valence-corrected chi connectivity index (χ1v) is 4.14. The standard InChI is InChI=1S/C10H9N3O/c1-14-10-2-8(3-11-6-10)9-4-12-7-13-5-9/h2-7H,1H3. The molecule has 0 aliphatic heterocycles. The van der Waals surface area contributed by atoms with Crippen molar-refractivity contribution in [3.63, 3.8) is 0 Å². The minimum Gasteiger partial charge on any atom is -0.495 e. The van der Waals surface area contributed by atoms with E-state index in [1.165, 1.54) is 6.33 Å². The van der Waals surface area contributed by atoms with Gasteiger partial charge in [0.05, 0.1) is 13.3 Å². The normalized spacial score (nSPS) is 9.79. The van der Waals surface area contributed by atoms with Crippen LogP contribution in [-0.2, 0) is 0 Å². The summed E-state index contributed by atoms with van der Waals surface area (Å²) in [7, 11) is 1.61. The number of hydrogen-bond acceptors (Lipinski definition) is 4. The van der Waals surface area contributed by atoms with E-state index in [0.717, 1.165) is 16.9 Å². The van der Waals surface area contributed by atoms with Crippen molar-refractivity contribution < 1.29 is 4.74 Å². The van der Waals surface area contributed by atoms with Crippen LogP contribution in [-0.4, -0.2) is 22.1 Å². The minimum atomic E-state index is 0.728. The van der Waals surface area contributed by atoms with Crippen molar-refractivity contribution in [3.05, 3.63) is 37.2 Å². The molecule has 0 saturated carbocycles. The molecule has 2 aromatic heterocycles. The second-order valence-electron chi connectivity index (χ2n) is 2.74. The molecule has 0 spiro atoms. The Kier molecular flexibility index (Phi) is 2.36. The average Bonchev–Trinajstić information content (AvgIpc) is 2.30. The van der Waals surface area contributed by atoms with Crippen LogP contribution in [0.2, 0.25) is 0 Å². The molecule has 0 atom stereocenters. The largest absolute Gasteiger partial charge is 0.495 e. The third kappa shape index (κ3) is 1.69. The summed E-state index contributed by atoms with van der Waals surface area (Å²) in [5.74, 6) is 0.728. The van der Waals surface area contributed by atoms with Crippen LogP contribution < -0.4 is 4.74 Å². The Labute approximate surface area is 81.6 Å². The van der Waals surface area contributed by atoms with Gasteiger partial charge in [0.15, 0.2) is 0 Å². The number of hydrogen-bond donors (Lipinski definition) is 0. The number of pyridine rings is 1. The van der Waals surface area contributed by atoms with Crippen LogP contribution >= 0.6 is 0 Å². The maximum Gasteiger partial charge on any atom is 0.137 e. The topological polar surface area (TPSA) is 47.9 Å². The van der Waals surface area contributed by atoms with Gasteiger partial charge >= 0.3 is 0 Å². The average molecular weight is 187 g/mol. The van der Waals surface area contributed by atoms with Crippen molar-refractivity contribution in [1.29, 1.82) is 0 Å². The first kappa shape index (κ1) is 8.62. The van der Waals surface area contributed by atoms with Crippen molar-refractivity contribution in [3.8, 4) is 16.9 Å². The molecule has 4 heteroatoms. The molecule has 70 valence electrons. The third-order valence-electron chi connectivity index (χ3n) is 1.84. The van der Waals surface area contributed by atoms with Crippen molar-refractivity contribution in [1.82, 2.24) is 15.0 Å². The second kappa shape index (κ2) is 3.83. The van der Waals surface area contributed by atoms with Crippen LogP contribution in [0.1, 0.15) is 0 Å². The summed E-state index contributed by atoms with van der Waals surface area (Å²) in [6.07, 6.45) is 8.39. The van der Waals surface area contributed by atoms with E-state index in [2.05, 4.69) is 15.0 Å². The van der Waals surface area contributed by atoms with E-state index in [0.29, 0.717) is 0 Å². The van der Waals surface area contributed by atoms with E-state index in [1.807, 2.05) is 6.07 Å². The lowest BCUT2D eigenvalue weighted by molar-refractivity contribution is 0.413. The highest BCUT2D eigenvalue weighted by molar-refractivity contribution is 5.61. The molecule has 0 aliphatic carbocycles. The summed E-state index contributed by atoms with van der Waals surface area (Å²) in [5, 5.41) is 0. The predicted octanol–water partition coefficient (Wildman–Crippen LogP) is 1.55. The Hall–Kier alpha value is -1.97. The summed E-state index contributed by atoms with van der Waals surface area (Å²) in [4.78, 5) is 11.9. The van der Waals surface area contributed by atoms with Gasteiger partial charge in [-0.15, -0.1) is 0 Å². The maximum atomic E-state index is 5.07. The highest BCUT2D eigenvalue weighted by Crippen LogP contribution is 2.20. The Morgan fingerprint density at radius 2 is 1.64 bits per heavy atom. The Morgan fingerprint density at radius 3 is 2.36 bits per heavy atom. The quantitative estimate of drug-likeness (QED) is 0.715. The fourth-order valence-electron chi connectivity index (χ4n) is 1.14. The molecule has 2 rings (SSSR count). The van der Waals surface area contributed by atoms with Gasteiger partial charge in [-0.2, -0.15) is 0 Å². The number of ether oxygens (including phenoxy) is 1. The molecule has 0 aliphatic rings. The Morgan fingerprint density at radius 1 is 0.929 bits per heavy atom. The molecule has 0 unspecified atom stereocenters. The molecule has 0 aromatic carbocycles. The van der Waals surface area contributed by atoms with Crippen LogP contribution in [0.3, 0.4) is 0 Å². The molecule has 0 amide bonds. The Balaban J connectivity index is 2.42. The summed E-state index contributed by atoms with van der Waals surface area (Å²) in [6, 6.07) is 1.89. The zero-order valence-electron chi connectivity index (χ0n) is 7.71. The summed E-state index contributed by atoms with van der Waals surface area (Å²) in [5.41, 5.74) is 1.88. The van der Waals surface area contributed by atoms with E-state index in [1.54, 1.807) is 31.9 Å². The van der Waals surface area contributed by atoms with Crippen LogP contribution in [0.5, 0.6) is 5.75 Å². The first-order valence-electron chi connectivity index (χ1n) is 4.14. The lowest BCUT2D eigenvalue weighted by Gasteiger charge is -2.02. The molecule has 0 saturated heterocycles. The summed E-state index contributed by atoms with van der Waals surface area (Å²) < 4.78 is 5.07.